The summed E-state index contributed by atoms with van der Waals surface area (Å²) < 4.78 is 28.4. The number of nitrogens with one attached hydrogen (secondary N) is 3. The van der Waals surface area contributed by atoms with Crippen molar-refractivity contribution < 1.29 is 73.5 Å². The largest absolute Gasteiger partial charge is 0.394 e. The minimum Gasteiger partial charge on any atom is -0.394 e. The number of rotatable bonds is 40. The van der Waals surface area contributed by atoms with Crippen molar-refractivity contribution in [2.45, 2.75) is 246 Å². The highest BCUT2D eigenvalue weighted by molar-refractivity contribution is 5.89. The Kier molecular flexibility index (Phi) is 42.8. The van der Waals surface area contributed by atoms with Crippen LogP contribution in [0.4, 0.5) is 0 Å². The first-order valence-corrected chi connectivity index (χ1v) is 26.1. The standard InChI is InChI=1S/C50H93N3O15.3CH4/c1-35(2)26-32-64-29-18-8-7-16-27-51-42(57)23-12-6-5-11-22-39(56)38(53-44(59)25-14-10-20-31-66-50-37(4)46(61)48(63)41(34-55)68-50)21-15-17-28-52-43(58)24-13-9-19-30-65-49-36(3)45(60)47(62)40(33-54)67-49;;;/h35-38,40-41,45-50,54-55,60-63H,5-34H2,1-4H3,(H,51,57)(H,52,58)(H,53,59);3*1H4/t36?,37?,38-,40?,41?,45?,46?,47?,48?,49?,50?;;;/m0.../s1. The molecule has 2 aliphatic rings. The lowest BCUT2D eigenvalue weighted by Crippen LogP contribution is -2.55. The van der Waals surface area contributed by atoms with Crippen molar-refractivity contribution in [3.8, 4) is 0 Å². The highest BCUT2D eigenvalue weighted by Crippen LogP contribution is 2.28. The number of aliphatic hydroxyl groups is 6. The van der Waals surface area contributed by atoms with Crippen molar-refractivity contribution in [1.82, 2.24) is 16.0 Å². The fourth-order valence-corrected chi connectivity index (χ4v) is 8.25. The fourth-order valence-electron chi connectivity index (χ4n) is 8.25. The second-order valence-corrected chi connectivity index (χ2v) is 19.4. The Hall–Kier alpha value is -2.36. The van der Waals surface area contributed by atoms with E-state index in [1.54, 1.807) is 13.8 Å². The van der Waals surface area contributed by atoms with E-state index in [-0.39, 0.29) is 52.2 Å². The summed E-state index contributed by atoms with van der Waals surface area (Å²) in [6.07, 6.45) is 7.47. The number of unbranched alkanes of at least 4 members (excludes halogenated alkanes) is 11. The lowest BCUT2D eigenvalue weighted by atomic mass is 9.92. The summed E-state index contributed by atoms with van der Waals surface area (Å²) in [6.45, 7) is 10.3. The van der Waals surface area contributed by atoms with Gasteiger partial charge >= 0.3 is 0 Å². The molecule has 18 heteroatoms. The van der Waals surface area contributed by atoms with Crippen LogP contribution in [-0.4, -0.2) is 162 Å². The maximum atomic E-state index is 13.4. The zero-order valence-corrected chi connectivity index (χ0v) is 42.0. The van der Waals surface area contributed by atoms with Gasteiger partial charge in [-0.15, -0.1) is 0 Å². The van der Waals surface area contributed by atoms with E-state index in [1.807, 2.05) is 0 Å². The van der Waals surface area contributed by atoms with E-state index in [4.69, 9.17) is 23.7 Å². The fraction of sp³-hybridized carbons (Fsp3) is 0.925. The Balaban J connectivity index is 0. The molecule has 71 heavy (non-hydrogen) atoms. The number of ether oxygens (including phenoxy) is 5. The van der Waals surface area contributed by atoms with E-state index in [2.05, 4.69) is 29.8 Å². The summed E-state index contributed by atoms with van der Waals surface area (Å²) in [7, 11) is 0. The first kappa shape index (κ1) is 70.7. The van der Waals surface area contributed by atoms with Crippen molar-refractivity contribution in [1.29, 1.82) is 0 Å². The topological polar surface area (TPSA) is 272 Å². The third kappa shape index (κ3) is 30.6. The molecule has 0 bridgehead atoms. The number of hydrogen-bond donors (Lipinski definition) is 9. The molecule has 0 spiro atoms. The Morgan fingerprint density at radius 3 is 1.38 bits per heavy atom. The van der Waals surface area contributed by atoms with E-state index in [0.29, 0.717) is 109 Å². The Morgan fingerprint density at radius 2 is 0.901 bits per heavy atom. The van der Waals surface area contributed by atoms with Crippen LogP contribution in [0.3, 0.4) is 0 Å². The van der Waals surface area contributed by atoms with Crippen LogP contribution in [0.5, 0.6) is 0 Å². The smallest absolute Gasteiger partial charge is 0.220 e. The maximum Gasteiger partial charge on any atom is 0.220 e. The van der Waals surface area contributed by atoms with Gasteiger partial charge in [0.1, 0.15) is 24.4 Å². The number of carbonyl (C=O) groups is 4. The van der Waals surface area contributed by atoms with Gasteiger partial charge in [-0.2, -0.15) is 0 Å². The van der Waals surface area contributed by atoms with E-state index in [0.717, 1.165) is 71.0 Å². The van der Waals surface area contributed by atoms with Crippen LogP contribution < -0.4 is 16.0 Å². The molecule has 9 N–H and O–H groups in total. The van der Waals surface area contributed by atoms with E-state index >= 15 is 0 Å². The molecule has 2 aliphatic heterocycles. The average Bonchev–Trinajstić information content (AvgIpc) is 3.31. The number of hydrogen-bond acceptors (Lipinski definition) is 15. The quantitative estimate of drug-likeness (QED) is 0.0337. The van der Waals surface area contributed by atoms with Gasteiger partial charge in [0.25, 0.3) is 0 Å². The average molecular weight is 1020 g/mol. The molecule has 0 radical (unpaired) electrons. The Labute approximate surface area is 428 Å². The molecule has 0 saturated carbocycles. The van der Waals surface area contributed by atoms with Gasteiger partial charge in [-0.3, -0.25) is 19.2 Å². The second kappa shape index (κ2) is 42.9. The van der Waals surface area contributed by atoms with Crippen LogP contribution in [0.2, 0.25) is 0 Å². The molecule has 0 aromatic heterocycles. The molecule has 2 heterocycles. The molecule has 2 rings (SSSR count). The predicted octanol–water partition coefficient (Wildman–Crippen LogP) is 5.62. The SMILES string of the molecule is C.C.C.CC(C)CCOCCCCCCNC(=O)CCCCCCC(=O)[C@H](CCCCNC(=O)CCCCCOC1OC(CO)C(O)C(O)C1C)NC(=O)CCCCCOC1OC(CO)C(O)C(O)C1C. The van der Waals surface area contributed by atoms with Gasteiger partial charge in [-0.1, -0.05) is 88.5 Å². The summed E-state index contributed by atoms with van der Waals surface area (Å²) in [4.78, 5) is 51.3. The number of amides is 3. The number of carbonyl (C=O) groups excluding carboxylic acids is 4. The third-order valence-corrected chi connectivity index (χ3v) is 13.0. The highest BCUT2D eigenvalue weighted by atomic mass is 16.7. The molecule has 2 saturated heterocycles. The molecule has 0 aromatic rings. The van der Waals surface area contributed by atoms with Crippen molar-refractivity contribution in [3.63, 3.8) is 0 Å². The van der Waals surface area contributed by atoms with Crippen LogP contribution in [-0.2, 0) is 42.9 Å². The minimum atomic E-state index is -1.19. The molecule has 11 atom stereocenters. The molecular formula is C53H105N3O15. The van der Waals surface area contributed by atoms with Gasteiger partial charge in [0.05, 0.1) is 31.5 Å². The summed E-state index contributed by atoms with van der Waals surface area (Å²) in [5, 5.41) is 68.3. The summed E-state index contributed by atoms with van der Waals surface area (Å²) in [6, 6.07) is -0.636. The first-order chi connectivity index (χ1) is 32.7. The van der Waals surface area contributed by atoms with Crippen molar-refractivity contribution in [2.75, 3.05) is 52.7 Å². The van der Waals surface area contributed by atoms with Gasteiger partial charge in [-0.05, 0) is 83.0 Å². The number of ketones is 1. The van der Waals surface area contributed by atoms with Crippen LogP contribution in [0.1, 0.15) is 191 Å². The van der Waals surface area contributed by atoms with Gasteiger partial charge in [-0.25, -0.2) is 0 Å². The highest BCUT2D eigenvalue weighted by Gasteiger charge is 2.43. The van der Waals surface area contributed by atoms with Crippen molar-refractivity contribution >= 4 is 23.5 Å². The summed E-state index contributed by atoms with van der Waals surface area (Å²) in [5.74, 6) is -0.537. The first-order valence-electron chi connectivity index (χ1n) is 26.1. The van der Waals surface area contributed by atoms with E-state index < -0.39 is 80.3 Å². The molecule has 422 valence electrons. The zero-order chi connectivity index (χ0) is 50.1. The third-order valence-electron chi connectivity index (χ3n) is 13.0. The van der Waals surface area contributed by atoms with Crippen LogP contribution >= 0.6 is 0 Å². The van der Waals surface area contributed by atoms with Gasteiger partial charge in [0.2, 0.25) is 17.7 Å². The van der Waals surface area contributed by atoms with Crippen molar-refractivity contribution in [2.24, 2.45) is 17.8 Å². The minimum absolute atomic E-state index is 0. The molecule has 0 aromatic carbocycles. The summed E-state index contributed by atoms with van der Waals surface area (Å²) >= 11 is 0. The lowest BCUT2D eigenvalue weighted by Gasteiger charge is -2.40. The molecule has 10 unspecified atom stereocenters. The van der Waals surface area contributed by atoms with Crippen molar-refractivity contribution in [3.05, 3.63) is 0 Å². The van der Waals surface area contributed by atoms with E-state index in [1.165, 1.54) is 0 Å². The maximum absolute atomic E-state index is 13.4. The normalized spacial score (nSPS) is 24.5. The van der Waals surface area contributed by atoms with Gasteiger partial charge in [0.15, 0.2) is 18.4 Å². The number of Topliss-reactive ketones (excluding diaryl/α,β-unsaturated/α-hetero) is 1. The predicted molar refractivity (Wildman–Crippen MR) is 276 cm³/mol. The summed E-state index contributed by atoms with van der Waals surface area (Å²) in [5.41, 5.74) is 0. The molecule has 3 amide bonds. The van der Waals surface area contributed by atoms with Gasteiger partial charge in [0, 0.05) is 77.0 Å². The van der Waals surface area contributed by atoms with Gasteiger partial charge < -0.3 is 70.3 Å². The van der Waals surface area contributed by atoms with E-state index in [9.17, 15) is 49.8 Å². The second-order valence-electron chi connectivity index (χ2n) is 19.4. The van der Waals surface area contributed by atoms with Crippen LogP contribution in [0.25, 0.3) is 0 Å². The Morgan fingerprint density at radius 1 is 0.493 bits per heavy atom. The lowest BCUT2D eigenvalue weighted by molar-refractivity contribution is -0.282. The molecule has 0 aliphatic carbocycles. The monoisotopic (exact) mass is 1020 g/mol. The molecular weight excluding hydrogens is 919 g/mol. The number of aliphatic hydroxyl groups excluding tert-OH is 6. The van der Waals surface area contributed by atoms with Crippen LogP contribution in [0, 0.1) is 17.8 Å². The zero-order valence-electron chi connectivity index (χ0n) is 42.0. The molecule has 2 fully saturated rings. The van der Waals surface area contributed by atoms with Crippen LogP contribution in [0.15, 0.2) is 0 Å². The Bertz CT molecular complexity index is 1340. The molecule has 18 nitrogen and oxygen atoms in total.